The van der Waals surface area contributed by atoms with Gasteiger partial charge in [0.15, 0.2) is 6.61 Å². The lowest BCUT2D eigenvalue weighted by atomic mass is 10.2. The SMILES string of the molecule is O=C(COc1ccc(F)cc1)N1CCN(c2cccc(Cl)c2)CC1. The molecule has 0 aromatic heterocycles. The molecule has 1 heterocycles. The van der Waals surface area contributed by atoms with Crippen LogP contribution >= 0.6 is 11.6 Å². The van der Waals surface area contributed by atoms with Gasteiger partial charge in [-0.15, -0.1) is 0 Å². The molecule has 1 saturated heterocycles. The second kappa shape index (κ2) is 7.53. The van der Waals surface area contributed by atoms with Crippen molar-refractivity contribution in [1.29, 1.82) is 0 Å². The van der Waals surface area contributed by atoms with E-state index in [1.54, 1.807) is 4.90 Å². The molecule has 2 aromatic carbocycles. The average Bonchev–Trinajstić information content (AvgIpc) is 2.61. The molecule has 4 nitrogen and oxygen atoms in total. The van der Waals surface area contributed by atoms with Crippen molar-refractivity contribution in [1.82, 2.24) is 4.90 Å². The Balaban J connectivity index is 1.49. The Morgan fingerprint density at radius 1 is 1.08 bits per heavy atom. The van der Waals surface area contributed by atoms with Crippen molar-refractivity contribution in [3.8, 4) is 5.75 Å². The van der Waals surface area contributed by atoms with Crippen LogP contribution in [0.4, 0.5) is 10.1 Å². The van der Waals surface area contributed by atoms with Crippen LogP contribution in [0.15, 0.2) is 48.5 Å². The van der Waals surface area contributed by atoms with Crippen LogP contribution < -0.4 is 9.64 Å². The van der Waals surface area contributed by atoms with E-state index >= 15 is 0 Å². The molecule has 24 heavy (non-hydrogen) atoms. The molecule has 0 saturated carbocycles. The molecule has 0 bridgehead atoms. The van der Waals surface area contributed by atoms with E-state index < -0.39 is 0 Å². The lowest BCUT2D eigenvalue weighted by Gasteiger charge is -2.36. The second-order valence-electron chi connectivity index (χ2n) is 5.59. The summed E-state index contributed by atoms with van der Waals surface area (Å²) in [7, 11) is 0. The zero-order valence-electron chi connectivity index (χ0n) is 13.1. The first kappa shape index (κ1) is 16.6. The standard InChI is InChI=1S/C18H18ClFN2O2/c19-14-2-1-3-16(12-14)21-8-10-22(11-9-21)18(23)13-24-17-6-4-15(20)5-7-17/h1-7,12H,8-11,13H2. The zero-order valence-corrected chi connectivity index (χ0v) is 13.9. The number of hydrogen-bond acceptors (Lipinski definition) is 3. The van der Waals surface area contributed by atoms with Crippen molar-refractivity contribution in [2.24, 2.45) is 0 Å². The van der Waals surface area contributed by atoms with Gasteiger partial charge < -0.3 is 14.5 Å². The Morgan fingerprint density at radius 2 is 1.79 bits per heavy atom. The van der Waals surface area contributed by atoms with Crippen molar-refractivity contribution in [3.05, 3.63) is 59.4 Å². The van der Waals surface area contributed by atoms with E-state index in [1.165, 1.54) is 24.3 Å². The number of rotatable bonds is 4. The molecule has 0 spiro atoms. The fraction of sp³-hybridized carbons (Fsp3) is 0.278. The molecule has 1 aliphatic rings. The number of benzene rings is 2. The van der Waals surface area contributed by atoms with Gasteiger partial charge in [0.25, 0.3) is 5.91 Å². The van der Waals surface area contributed by atoms with Gasteiger partial charge in [0.05, 0.1) is 0 Å². The summed E-state index contributed by atoms with van der Waals surface area (Å²) in [6.45, 7) is 2.74. The fourth-order valence-electron chi connectivity index (χ4n) is 2.65. The molecule has 6 heteroatoms. The molecule has 0 aliphatic carbocycles. The smallest absolute Gasteiger partial charge is 0.260 e. The lowest BCUT2D eigenvalue weighted by molar-refractivity contribution is -0.133. The summed E-state index contributed by atoms with van der Waals surface area (Å²) in [5.41, 5.74) is 1.07. The van der Waals surface area contributed by atoms with Crippen LogP contribution in [0, 0.1) is 5.82 Å². The molecule has 0 atom stereocenters. The van der Waals surface area contributed by atoms with E-state index in [2.05, 4.69) is 4.90 Å². The first-order valence-electron chi connectivity index (χ1n) is 7.78. The molecule has 1 aliphatic heterocycles. The van der Waals surface area contributed by atoms with Crippen LogP contribution in [0.1, 0.15) is 0 Å². The molecule has 126 valence electrons. The molecule has 3 rings (SSSR count). The number of carbonyl (C=O) groups is 1. The maximum atomic E-state index is 12.8. The Bertz CT molecular complexity index is 700. The van der Waals surface area contributed by atoms with E-state index in [1.807, 2.05) is 24.3 Å². The number of nitrogens with zero attached hydrogens (tertiary/aromatic N) is 2. The first-order valence-corrected chi connectivity index (χ1v) is 8.16. The number of anilines is 1. The third-order valence-electron chi connectivity index (χ3n) is 3.98. The number of hydrogen-bond donors (Lipinski definition) is 0. The van der Waals surface area contributed by atoms with E-state index in [0.717, 1.165) is 18.8 Å². The van der Waals surface area contributed by atoms with Crippen molar-refractivity contribution in [3.63, 3.8) is 0 Å². The molecule has 0 unspecified atom stereocenters. The second-order valence-corrected chi connectivity index (χ2v) is 6.03. The van der Waals surface area contributed by atoms with Gasteiger partial charge in [0.2, 0.25) is 0 Å². The molecular weight excluding hydrogens is 331 g/mol. The average molecular weight is 349 g/mol. The van der Waals surface area contributed by atoms with Gasteiger partial charge >= 0.3 is 0 Å². The maximum absolute atomic E-state index is 12.8. The number of halogens is 2. The minimum atomic E-state index is -0.328. The summed E-state index contributed by atoms with van der Waals surface area (Å²) in [6, 6.07) is 13.4. The lowest BCUT2D eigenvalue weighted by Crippen LogP contribution is -2.50. The third kappa shape index (κ3) is 4.17. The summed E-state index contributed by atoms with van der Waals surface area (Å²) in [5, 5.41) is 0.707. The fourth-order valence-corrected chi connectivity index (χ4v) is 2.84. The normalized spacial score (nSPS) is 14.6. The number of piperazine rings is 1. The number of carbonyl (C=O) groups excluding carboxylic acids is 1. The Kier molecular flexibility index (Phi) is 5.20. The molecule has 2 aromatic rings. The molecular formula is C18H18ClFN2O2. The van der Waals surface area contributed by atoms with Gasteiger partial charge in [-0.1, -0.05) is 17.7 Å². The highest BCUT2D eigenvalue weighted by Gasteiger charge is 2.21. The van der Waals surface area contributed by atoms with Crippen LogP contribution in [-0.4, -0.2) is 43.6 Å². The van der Waals surface area contributed by atoms with Crippen molar-refractivity contribution >= 4 is 23.2 Å². The highest BCUT2D eigenvalue weighted by molar-refractivity contribution is 6.30. The van der Waals surface area contributed by atoms with E-state index in [-0.39, 0.29) is 18.3 Å². The summed E-state index contributed by atoms with van der Waals surface area (Å²) >= 11 is 6.02. The Morgan fingerprint density at radius 3 is 2.46 bits per heavy atom. The monoisotopic (exact) mass is 348 g/mol. The van der Waals surface area contributed by atoms with Gasteiger partial charge in [0, 0.05) is 36.9 Å². The summed E-state index contributed by atoms with van der Waals surface area (Å²) in [5.74, 6) is 0.0956. The van der Waals surface area contributed by atoms with E-state index in [0.29, 0.717) is 23.9 Å². The molecule has 0 radical (unpaired) electrons. The minimum Gasteiger partial charge on any atom is -0.484 e. The van der Waals surface area contributed by atoms with Crippen molar-refractivity contribution < 1.29 is 13.9 Å². The van der Waals surface area contributed by atoms with Crippen LogP contribution in [0.2, 0.25) is 5.02 Å². The highest BCUT2D eigenvalue weighted by Crippen LogP contribution is 2.21. The highest BCUT2D eigenvalue weighted by atomic mass is 35.5. The van der Waals surface area contributed by atoms with Crippen LogP contribution in [-0.2, 0) is 4.79 Å². The topological polar surface area (TPSA) is 32.8 Å². The Labute approximate surface area is 145 Å². The predicted molar refractivity (Wildman–Crippen MR) is 92.1 cm³/mol. The Hall–Kier alpha value is -2.27. The van der Waals surface area contributed by atoms with Crippen molar-refractivity contribution in [2.45, 2.75) is 0 Å². The van der Waals surface area contributed by atoms with Gasteiger partial charge in [-0.3, -0.25) is 4.79 Å². The van der Waals surface area contributed by atoms with Crippen LogP contribution in [0.3, 0.4) is 0 Å². The molecule has 1 fully saturated rings. The largest absolute Gasteiger partial charge is 0.484 e. The van der Waals surface area contributed by atoms with Gasteiger partial charge in [-0.25, -0.2) is 4.39 Å². The molecule has 1 amide bonds. The first-order chi connectivity index (χ1) is 11.6. The summed E-state index contributed by atoms with van der Waals surface area (Å²) < 4.78 is 18.2. The van der Waals surface area contributed by atoms with Crippen LogP contribution in [0.5, 0.6) is 5.75 Å². The summed E-state index contributed by atoms with van der Waals surface area (Å²) in [6.07, 6.45) is 0. The minimum absolute atomic E-state index is 0.0389. The quantitative estimate of drug-likeness (QED) is 0.850. The van der Waals surface area contributed by atoms with Crippen molar-refractivity contribution in [2.75, 3.05) is 37.7 Å². The van der Waals surface area contributed by atoms with E-state index in [4.69, 9.17) is 16.3 Å². The van der Waals surface area contributed by atoms with Gasteiger partial charge in [-0.2, -0.15) is 0 Å². The van der Waals surface area contributed by atoms with E-state index in [9.17, 15) is 9.18 Å². The molecule has 0 N–H and O–H groups in total. The maximum Gasteiger partial charge on any atom is 0.260 e. The number of ether oxygens (including phenoxy) is 1. The number of amides is 1. The van der Waals surface area contributed by atoms with Crippen LogP contribution in [0.25, 0.3) is 0 Å². The van der Waals surface area contributed by atoms with Gasteiger partial charge in [-0.05, 0) is 42.5 Å². The summed E-state index contributed by atoms with van der Waals surface area (Å²) in [4.78, 5) is 16.2. The van der Waals surface area contributed by atoms with Gasteiger partial charge in [0.1, 0.15) is 11.6 Å². The third-order valence-corrected chi connectivity index (χ3v) is 4.22. The predicted octanol–water partition coefficient (Wildman–Crippen LogP) is 3.21. The zero-order chi connectivity index (χ0) is 16.9.